The van der Waals surface area contributed by atoms with Gasteiger partial charge in [0.2, 0.25) is 0 Å². The van der Waals surface area contributed by atoms with Gasteiger partial charge < -0.3 is 4.74 Å². The Balaban J connectivity index is 0.000000152. The van der Waals surface area contributed by atoms with Crippen LogP contribution in [0.4, 0.5) is 8.78 Å². The third-order valence-corrected chi connectivity index (χ3v) is 10.8. The van der Waals surface area contributed by atoms with Gasteiger partial charge in [0.25, 0.3) is 0 Å². The summed E-state index contributed by atoms with van der Waals surface area (Å²) in [6.07, 6.45) is 17.2. The molecule has 0 radical (unpaired) electrons. The Morgan fingerprint density at radius 3 is 1.84 bits per heavy atom. The smallest absolute Gasteiger partial charge is 0.376 e. The van der Waals surface area contributed by atoms with Crippen molar-refractivity contribution in [2.24, 2.45) is 23.2 Å². The number of rotatable bonds is 6. The second-order valence-corrected chi connectivity index (χ2v) is 13.7. The van der Waals surface area contributed by atoms with Gasteiger partial charge in [0.15, 0.2) is 15.0 Å². The van der Waals surface area contributed by atoms with E-state index in [1.54, 1.807) is 0 Å². The second-order valence-electron chi connectivity index (χ2n) is 11.4. The van der Waals surface area contributed by atoms with Crippen LogP contribution in [0.5, 0.6) is 0 Å². The first-order chi connectivity index (χ1) is 17.8. The van der Waals surface area contributed by atoms with E-state index in [1.165, 1.54) is 29.1 Å². The zero-order valence-corrected chi connectivity index (χ0v) is 22.3. The van der Waals surface area contributed by atoms with Gasteiger partial charge in [0.05, 0.1) is 17.5 Å². The minimum absolute atomic E-state index is 0.0235. The Morgan fingerprint density at radius 2 is 1.41 bits per heavy atom. The van der Waals surface area contributed by atoms with E-state index in [9.17, 15) is 13.6 Å². The number of carbonyl (C=O) groups excluding carboxylic acids is 1. The van der Waals surface area contributed by atoms with Crippen LogP contribution in [0.3, 0.4) is 0 Å². The average Bonchev–Trinajstić information content (AvgIpc) is 2.88. The molecule has 5 aliphatic rings. The molecule has 0 spiro atoms. The van der Waals surface area contributed by atoms with Gasteiger partial charge >= 0.3 is 11.9 Å². The molecule has 37 heavy (non-hydrogen) atoms. The van der Waals surface area contributed by atoms with E-state index in [0.717, 1.165) is 43.4 Å². The lowest BCUT2D eigenvalue weighted by atomic mass is 9.50. The van der Waals surface area contributed by atoms with E-state index in [4.69, 9.17) is 4.74 Å². The summed E-state index contributed by atoms with van der Waals surface area (Å²) < 4.78 is 30.5. The summed E-state index contributed by atoms with van der Waals surface area (Å²) in [6.45, 7) is 0.813. The van der Waals surface area contributed by atoms with Crippen molar-refractivity contribution >= 4 is 16.9 Å². The maximum Gasteiger partial charge on any atom is 0.376 e. The van der Waals surface area contributed by atoms with E-state index in [-0.39, 0.29) is 22.9 Å². The predicted molar refractivity (Wildman–Crippen MR) is 146 cm³/mol. The number of ether oxygens (including phenoxy) is 1. The molecule has 4 bridgehead atoms. The maximum absolute atomic E-state index is 12.8. The van der Waals surface area contributed by atoms with Crippen LogP contribution in [0.1, 0.15) is 51.9 Å². The number of allylic oxidation sites excluding steroid dienone is 3. The van der Waals surface area contributed by atoms with Crippen LogP contribution in [-0.4, -0.2) is 23.7 Å². The van der Waals surface area contributed by atoms with E-state index in [0.29, 0.717) is 12.2 Å². The summed E-state index contributed by atoms with van der Waals surface area (Å²) in [6, 6.07) is 21.7. The van der Waals surface area contributed by atoms with Crippen molar-refractivity contribution in [3.8, 4) is 0 Å². The van der Waals surface area contributed by atoms with E-state index >= 15 is 0 Å². The lowest BCUT2D eigenvalue weighted by molar-refractivity contribution is -0.179. The van der Waals surface area contributed by atoms with Crippen molar-refractivity contribution in [1.29, 1.82) is 0 Å². The van der Waals surface area contributed by atoms with Gasteiger partial charge in [-0.3, -0.25) is 0 Å². The number of esters is 1. The monoisotopic (exact) mass is 523 g/mol. The van der Waals surface area contributed by atoms with Crippen molar-refractivity contribution in [3.63, 3.8) is 0 Å². The Labute approximate surface area is 222 Å². The molecule has 0 aliphatic heterocycles. The predicted octanol–water partition coefficient (Wildman–Crippen LogP) is 8.01. The molecule has 4 fully saturated rings. The summed E-state index contributed by atoms with van der Waals surface area (Å²) in [5.41, 5.74) is 0.0235. The lowest BCUT2D eigenvalue weighted by Gasteiger charge is -2.56. The van der Waals surface area contributed by atoms with Gasteiger partial charge in [-0.25, -0.2) is 4.79 Å². The summed E-state index contributed by atoms with van der Waals surface area (Å²) in [5.74, 6) is -2.48. The molecular formula is C32H37F2O2S+. The lowest BCUT2D eigenvalue weighted by Crippen LogP contribution is -2.49. The van der Waals surface area contributed by atoms with Crippen LogP contribution in [-0.2, 0) is 20.4 Å². The normalized spacial score (nSPS) is 29.6. The highest BCUT2D eigenvalue weighted by molar-refractivity contribution is 7.97. The van der Waals surface area contributed by atoms with Gasteiger partial charge in [0, 0.05) is 18.8 Å². The molecule has 4 saturated carbocycles. The van der Waals surface area contributed by atoms with Gasteiger partial charge in [-0.1, -0.05) is 54.6 Å². The van der Waals surface area contributed by atoms with E-state index in [2.05, 4.69) is 85.0 Å². The van der Waals surface area contributed by atoms with Gasteiger partial charge in [-0.15, -0.1) is 0 Å². The Hall–Kier alpha value is -2.40. The van der Waals surface area contributed by atoms with Crippen LogP contribution in [0.2, 0.25) is 0 Å². The SMILES string of the molecule is C1=CCC([S+](c2ccccc2)c2ccccc2)C=C1.CC(F)(F)C(=O)OCC12CC3CC(CC(C3)C1)C2. The molecule has 5 heteroatoms. The molecule has 5 aliphatic carbocycles. The standard InChI is InChI=1S/C18H17S.C14H20F2O2/c1-4-10-16(11-5-1)19(17-12-6-2-7-13-17)18-14-8-3-9-15-18;1-13(15,16)12(17)18-8-14-5-9-2-10(6-14)4-11(3-9)7-14/h1-14,18H,15H2;9-11H,2-8H2,1H3/q+1;. The number of halogens is 2. The molecule has 1 atom stereocenters. The number of hydrogen-bond acceptors (Lipinski definition) is 2. The zero-order valence-electron chi connectivity index (χ0n) is 21.5. The number of benzene rings is 2. The zero-order chi connectivity index (χ0) is 25.9. The van der Waals surface area contributed by atoms with Gasteiger partial charge in [-0.05, 0) is 86.6 Å². The van der Waals surface area contributed by atoms with Crippen LogP contribution in [0.25, 0.3) is 0 Å². The molecular weight excluding hydrogens is 486 g/mol. The molecule has 2 aromatic carbocycles. The van der Waals surface area contributed by atoms with Crippen LogP contribution < -0.4 is 0 Å². The van der Waals surface area contributed by atoms with E-state index < -0.39 is 11.9 Å². The van der Waals surface area contributed by atoms with Crippen LogP contribution in [0.15, 0.2) is 94.8 Å². The fraction of sp³-hybridized carbons (Fsp3) is 0.469. The minimum atomic E-state index is -3.36. The molecule has 2 aromatic rings. The molecule has 1 unspecified atom stereocenters. The molecule has 0 saturated heterocycles. The van der Waals surface area contributed by atoms with E-state index in [1.807, 2.05) is 0 Å². The molecule has 7 rings (SSSR count). The van der Waals surface area contributed by atoms with Crippen molar-refractivity contribution in [2.45, 2.75) is 72.8 Å². The number of carbonyl (C=O) groups is 1. The van der Waals surface area contributed by atoms with Crippen molar-refractivity contribution in [1.82, 2.24) is 0 Å². The van der Waals surface area contributed by atoms with Crippen LogP contribution in [0, 0.1) is 23.2 Å². The van der Waals surface area contributed by atoms with Gasteiger partial charge in [0.1, 0.15) is 0 Å². The molecule has 0 aromatic heterocycles. The quantitative estimate of drug-likeness (QED) is 0.283. The largest absolute Gasteiger partial charge is 0.461 e. The Bertz CT molecular complexity index is 1030. The number of hydrogen-bond donors (Lipinski definition) is 0. The fourth-order valence-electron chi connectivity index (χ4n) is 7.16. The van der Waals surface area contributed by atoms with Crippen molar-refractivity contribution in [2.75, 3.05) is 6.61 Å². The minimum Gasteiger partial charge on any atom is -0.461 e. The Morgan fingerprint density at radius 1 is 0.892 bits per heavy atom. The summed E-state index contributed by atoms with van der Waals surface area (Å²) in [7, 11) is 0.124. The maximum atomic E-state index is 12.8. The van der Waals surface area contributed by atoms with Crippen LogP contribution >= 0.6 is 0 Å². The molecule has 0 heterocycles. The first kappa shape index (κ1) is 26.2. The Kier molecular flexibility index (Phi) is 7.90. The third kappa shape index (κ3) is 6.37. The summed E-state index contributed by atoms with van der Waals surface area (Å²) >= 11 is 0. The molecule has 196 valence electrons. The molecule has 0 amide bonds. The summed E-state index contributed by atoms with van der Waals surface area (Å²) in [4.78, 5) is 14.0. The summed E-state index contributed by atoms with van der Waals surface area (Å²) in [5, 5.41) is 0.579. The fourth-order valence-corrected chi connectivity index (χ4v) is 9.59. The average molecular weight is 524 g/mol. The highest BCUT2D eigenvalue weighted by Crippen LogP contribution is 2.60. The third-order valence-electron chi connectivity index (χ3n) is 8.27. The molecule has 2 nitrogen and oxygen atoms in total. The molecule has 0 N–H and O–H groups in total. The second kappa shape index (κ2) is 11.1. The van der Waals surface area contributed by atoms with Crippen molar-refractivity contribution in [3.05, 3.63) is 85.0 Å². The highest BCUT2D eigenvalue weighted by atomic mass is 32.2. The van der Waals surface area contributed by atoms with Gasteiger partial charge in [-0.2, -0.15) is 8.78 Å². The topological polar surface area (TPSA) is 26.3 Å². The number of alkyl halides is 2. The van der Waals surface area contributed by atoms with Crippen molar-refractivity contribution < 1.29 is 18.3 Å². The highest BCUT2D eigenvalue weighted by Gasteiger charge is 2.52. The first-order valence-electron chi connectivity index (χ1n) is 13.5. The first-order valence-corrected chi connectivity index (χ1v) is 14.8.